The summed E-state index contributed by atoms with van der Waals surface area (Å²) in [5.41, 5.74) is 3.50. The Morgan fingerprint density at radius 3 is 2.61 bits per heavy atom. The molecule has 0 aromatic heterocycles. The van der Waals surface area contributed by atoms with Crippen molar-refractivity contribution in [1.82, 2.24) is 0 Å². The SMILES string of the molecule is C/C=C/c1ccc2c(c1)[C@@H](C)[C@@H](OCc1ccc(OC)cc1)O2. The number of methoxy groups -OCH3 is 1. The second-order valence-corrected chi connectivity index (χ2v) is 5.73. The van der Waals surface area contributed by atoms with Crippen molar-refractivity contribution < 1.29 is 14.2 Å². The van der Waals surface area contributed by atoms with E-state index in [-0.39, 0.29) is 12.2 Å². The van der Waals surface area contributed by atoms with Gasteiger partial charge in [0, 0.05) is 11.5 Å². The van der Waals surface area contributed by atoms with E-state index < -0.39 is 0 Å². The predicted molar refractivity (Wildman–Crippen MR) is 91.8 cm³/mol. The van der Waals surface area contributed by atoms with Crippen molar-refractivity contribution in [2.24, 2.45) is 0 Å². The molecule has 1 aliphatic rings. The van der Waals surface area contributed by atoms with Crippen molar-refractivity contribution in [2.75, 3.05) is 7.11 Å². The van der Waals surface area contributed by atoms with Crippen LogP contribution in [0.25, 0.3) is 6.08 Å². The zero-order valence-electron chi connectivity index (χ0n) is 13.8. The third kappa shape index (κ3) is 3.40. The highest BCUT2D eigenvalue weighted by Gasteiger charge is 2.31. The number of rotatable bonds is 5. The third-order valence-electron chi connectivity index (χ3n) is 4.11. The Morgan fingerprint density at radius 2 is 1.91 bits per heavy atom. The maximum atomic E-state index is 5.98. The van der Waals surface area contributed by atoms with Crippen LogP contribution in [0.3, 0.4) is 0 Å². The standard InChI is InChI=1S/C20H22O3/c1-4-5-15-8-11-19-18(12-15)14(2)20(23-19)22-13-16-6-9-17(21-3)10-7-16/h4-12,14,20H,13H2,1-3H3/b5-4+/t14-,20+/m1/s1. The number of benzene rings is 2. The molecule has 0 bridgehead atoms. The lowest BCUT2D eigenvalue weighted by atomic mass is 10.00. The maximum absolute atomic E-state index is 5.98. The van der Waals surface area contributed by atoms with Crippen molar-refractivity contribution in [3.05, 3.63) is 65.2 Å². The van der Waals surface area contributed by atoms with Gasteiger partial charge in [-0.15, -0.1) is 0 Å². The fourth-order valence-corrected chi connectivity index (χ4v) is 2.78. The van der Waals surface area contributed by atoms with Gasteiger partial charge in [-0.2, -0.15) is 0 Å². The van der Waals surface area contributed by atoms with Crippen LogP contribution in [0, 0.1) is 0 Å². The summed E-state index contributed by atoms with van der Waals surface area (Å²) >= 11 is 0. The van der Waals surface area contributed by atoms with Crippen LogP contribution < -0.4 is 9.47 Å². The molecule has 3 heteroatoms. The highest BCUT2D eigenvalue weighted by atomic mass is 16.7. The van der Waals surface area contributed by atoms with Gasteiger partial charge in [0.05, 0.1) is 13.7 Å². The minimum absolute atomic E-state index is 0.216. The van der Waals surface area contributed by atoms with Gasteiger partial charge in [-0.05, 0) is 42.3 Å². The first-order valence-corrected chi connectivity index (χ1v) is 7.89. The summed E-state index contributed by atoms with van der Waals surface area (Å²) in [6.45, 7) is 4.69. The Labute approximate surface area is 137 Å². The highest BCUT2D eigenvalue weighted by Crippen LogP contribution is 2.39. The predicted octanol–water partition coefficient (Wildman–Crippen LogP) is 4.77. The van der Waals surface area contributed by atoms with Crippen LogP contribution in [0.15, 0.2) is 48.5 Å². The molecular weight excluding hydrogens is 288 g/mol. The smallest absolute Gasteiger partial charge is 0.206 e. The molecule has 0 aliphatic carbocycles. The van der Waals surface area contributed by atoms with Gasteiger partial charge in [-0.3, -0.25) is 0 Å². The average molecular weight is 310 g/mol. The van der Waals surface area contributed by atoms with E-state index in [0.717, 1.165) is 17.1 Å². The number of allylic oxidation sites excluding steroid dienone is 1. The summed E-state index contributed by atoms with van der Waals surface area (Å²) in [4.78, 5) is 0. The van der Waals surface area contributed by atoms with Crippen molar-refractivity contribution in [3.8, 4) is 11.5 Å². The van der Waals surface area contributed by atoms with Gasteiger partial charge in [0.25, 0.3) is 0 Å². The van der Waals surface area contributed by atoms with E-state index in [1.807, 2.05) is 43.3 Å². The van der Waals surface area contributed by atoms with E-state index in [0.29, 0.717) is 6.61 Å². The largest absolute Gasteiger partial charge is 0.497 e. The molecule has 2 aromatic carbocycles. The van der Waals surface area contributed by atoms with Gasteiger partial charge in [-0.25, -0.2) is 0 Å². The topological polar surface area (TPSA) is 27.7 Å². The molecule has 3 rings (SSSR count). The first-order valence-electron chi connectivity index (χ1n) is 7.89. The number of fused-ring (bicyclic) bond motifs is 1. The Kier molecular flexibility index (Phi) is 4.68. The molecular formula is C20H22O3. The summed E-state index contributed by atoms with van der Waals surface area (Å²) < 4.78 is 17.1. The van der Waals surface area contributed by atoms with E-state index in [9.17, 15) is 0 Å². The van der Waals surface area contributed by atoms with Gasteiger partial charge >= 0.3 is 0 Å². The molecule has 0 radical (unpaired) electrons. The first kappa shape index (κ1) is 15.6. The summed E-state index contributed by atoms with van der Waals surface area (Å²) in [6.07, 6.45) is 3.89. The second kappa shape index (κ2) is 6.88. The van der Waals surface area contributed by atoms with Crippen molar-refractivity contribution in [3.63, 3.8) is 0 Å². The molecule has 1 heterocycles. The molecule has 2 atom stereocenters. The van der Waals surface area contributed by atoms with E-state index in [2.05, 4.69) is 25.1 Å². The monoisotopic (exact) mass is 310 g/mol. The highest BCUT2D eigenvalue weighted by molar-refractivity contribution is 5.55. The molecule has 0 amide bonds. The molecule has 0 fully saturated rings. The quantitative estimate of drug-likeness (QED) is 0.796. The van der Waals surface area contributed by atoms with E-state index in [1.54, 1.807) is 7.11 Å². The Bertz CT molecular complexity index is 689. The molecule has 2 aromatic rings. The van der Waals surface area contributed by atoms with Crippen LogP contribution in [0.2, 0.25) is 0 Å². The van der Waals surface area contributed by atoms with Crippen LogP contribution >= 0.6 is 0 Å². The van der Waals surface area contributed by atoms with E-state index >= 15 is 0 Å². The number of ether oxygens (including phenoxy) is 3. The lowest BCUT2D eigenvalue weighted by molar-refractivity contribution is -0.0875. The average Bonchev–Trinajstić information content (AvgIpc) is 2.90. The molecule has 0 unspecified atom stereocenters. The van der Waals surface area contributed by atoms with E-state index in [4.69, 9.17) is 14.2 Å². The van der Waals surface area contributed by atoms with Gasteiger partial charge in [-0.1, -0.05) is 37.3 Å². The maximum Gasteiger partial charge on any atom is 0.206 e. The van der Waals surface area contributed by atoms with Gasteiger partial charge < -0.3 is 14.2 Å². The van der Waals surface area contributed by atoms with Crippen molar-refractivity contribution in [1.29, 1.82) is 0 Å². The van der Waals surface area contributed by atoms with E-state index in [1.165, 1.54) is 11.1 Å². The zero-order valence-corrected chi connectivity index (χ0v) is 13.8. The Morgan fingerprint density at radius 1 is 1.13 bits per heavy atom. The second-order valence-electron chi connectivity index (χ2n) is 5.73. The van der Waals surface area contributed by atoms with Crippen LogP contribution in [0.5, 0.6) is 11.5 Å². The van der Waals surface area contributed by atoms with Gasteiger partial charge in [0.15, 0.2) is 0 Å². The molecule has 1 aliphatic heterocycles. The van der Waals surface area contributed by atoms with Crippen molar-refractivity contribution in [2.45, 2.75) is 32.7 Å². The summed E-state index contributed by atoms with van der Waals surface area (Å²) in [6, 6.07) is 14.2. The molecule has 0 spiro atoms. The fraction of sp³-hybridized carbons (Fsp3) is 0.300. The van der Waals surface area contributed by atoms with Gasteiger partial charge in [0.2, 0.25) is 6.29 Å². The summed E-state index contributed by atoms with van der Waals surface area (Å²) in [7, 11) is 1.67. The molecule has 0 saturated carbocycles. The normalized spacial score (nSPS) is 19.6. The van der Waals surface area contributed by atoms with Crippen LogP contribution in [0.1, 0.15) is 36.5 Å². The lowest BCUT2D eigenvalue weighted by Gasteiger charge is -2.16. The lowest BCUT2D eigenvalue weighted by Crippen LogP contribution is -2.20. The Balaban J connectivity index is 1.65. The third-order valence-corrected chi connectivity index (χ3v) is 4.11. The molecule has 23 heavy (non-hydrogen) atoms. The van der Waals surface area contributed by atoms with Crippen LogP contribution in [-0.2, 0) is 11.3 Å². The van der Waals surface area contributed by atoms with Crippen LogP contribution in [0.4, 0.5) is 0 Å². The molecule has 120 valence electrons. The Hall–Kier alpha value is -2.26. The van der Waals surface area contributed by atoms with Crippen LogP contribution in [-0.4, -0.2) is 13.4 Å². The first-order chi connectivity index (χ1) is 11.2. The van der Waals surface area contributed by atoms with Crippen molar-refractivity contribution >= 4 is 6.08 Å². The molecule has 3 nitrogen and oxygen atoms in total. The summed E-state index contributed by atoms with van der Waals surface area (Å²) in [5.74, 6) is 1.99. The van der Waals surface area contributed by atoms with Gasteiger partial charge in [0.1, 0.15) is 11.5 Å². The minimum atomic E-state index is -0.243. The summed E-state index contributed by atoms with van der Waals surface area (Å²) in [5, 5.41) is 0. The minimum Gasteiger partial charge on any atom is -0.497 e. The molecule has 0 N–H and O–H groups in total. The number of hydrogen-bond acceptors (Lipinski definition) is 3. The zero-order chi connectivity index (χ0) is 16.2. The molecule has 0 saturated heterocycles. The fourth-order valence-electron chi connectivity index (χ4n) is 2.78. The number of hydrogen-bond donors (Lipinski definition) is 0.